The molecule has 36 heavy (non-hydrogen) atoms. The third-order valence-corrected chi connectivity index (χ3v) is 9.00. The highest BCUT2D eigenvalue weighted by molar-refractivity contribution is 5.81. The molecule has 2 bridgehead atoms. The van der Waals surface area contributed by atoms with Gasteiger partial charge in [0.25, 0.3) is 0 Å². The molecule has 6 rings (SSSR count). The summed E-state index contributed by atoms with van der Waals surface area (Å²) in [5.74, 6) is -0.694. The quantitative estimate of drug-likeness (QED) is 0.303. The maximum Gasteiger partial charge on any atom is 0.308 e. The van der Waals surface area contributed by atoms with E-state index in [-0.39, 0.29) is 42.4 Å². The van der Waals surface area contributed by atoms with Gasteiger partial charge in [-0.2, -0.15) is 0 Å². The Morgan fingerprint density at radius 3 is 2.75 bits per heavy atom. The monoisotopic (exact) mass is 508 g/mol. The summed E-state index contributed by atoms with van der Waals surface area (Å²) in [5, 5.41) is 2.82. The van der Waals surface area contributed by atoms with Crippen molar-refractivity contribution in [1.29, 1.82) is 0 Å². The third-order valence-electron chi connectivity index (χ3n) is 9.00. The summed E-state index contributed by atoms with van der Waals surface area (Å²) < 4.78 is 18.3. The molecule has 8 atom stereocenters. The van der Waals surface area contributed by atoms with Gasteiger partial charge in [0, 0.05) is 50.7 Å². The lowest BCUT2D eigenvalue weighted by Gasteiger charge is -2.59. The van der Waals surface area contributed by atoms with E-state index in [1.807, 2.05) is 18.7 Å². The second-order valence-electron chi connectivity index (χ2n) is 11.5. The highest BCUT2D eigenvalue weighted by Crippen LogP contribution is 2.60. The van der Waals surface area contributed by atoms with Crippen LogP contribution in [-0.4, -0.2) is 66.3 Å². The summed E-state index contributed by atoms with van der Waals surface area (Å²) in [4.78, 5) is 50.2. The summed E-state index contributed by atoms with van der Waals surface area (Å²) in [6.45, 7) is 8.07. The Labute approximate surface area is 212 Å². The van der Waals surface area contributed by atoms with Crippen molar-refractivity contribution in [2.24, 2.45) is 23.7 Å². The molecule has 5 saturated heterocycles. The van der Waals surface area contributed by atoms with E-state index >= 15 is 0 Å². The minimum atomic E-state index is -0.882. The lowest BCUT2D eigenvalue weighted by Crippen LogP contribution is -2.70. The zero-order chi connectivity index (χ0) is 25.5. The van der Waals surface area contributed by atoms with E-state index in [0.29, 0.717) is 31.8 Å². The summed E-state index contributed by atoms with van der Waals surface area (Å²) in [5.41, 5.74) is -0.699. The Bertz CT molecular complexity index is 869. The van der Waals surface area contributed by atoms with E-state index < -0.39 is 29.9 Å². The van der Waals surface area contributed by atoms with Crippen LogP contribution in [-0.2, 0) is 38.4 Å². The normalized spacial score (nSPS) is 41.5. The molecule has 5 aliphatic heterocycles. The summed E-state index contributed by atoms with van der Waals surface area (Å²) in [6, 6.07) is 0. The van der Waals surface area contributed by atoms with Gasteiger partial charge in [0.15, 0.2) is 11.9 Å². The second-order valence-corrected chi connectivity index (χ2v) is 11.5. The van der Waals surface area contributed by atoms with Crippen molar-refractivity contribution < 1.29 is 38.4 Å². The smallest absolute Gasteiger partial charge is 0.308 e. The lowest BCUT2D eigenvalue weighted by molar-refractivity contribution is -0.576. The number of nitrogens with one attached hydrogen (secondary N) is 1. The van der Waals surface area contributed by atoms with E-state index in [4.69, 9.17) is 24.0 Å². The van der Waals surface area contributed by atoms with Crippen molar-refractivity contribution in [1.82, 2.24) is 10.2 Å². The number of amides is 2. The number of esters is 1. The summed E-state index contributed by atoms with van der Waals surface area (Å²) in [6.07, 6.45) is 4.46. The molecule has 1 aliphatic carbocycles. The van der Waals surface area contributed by atoms with E-state index in [1.54, 1.807) is 0 Å². The van der Waals surface area contributed by atoms with Crippen LogP contribution in [0.1, 0.15) is 78.6 Å². The molecule has 202 valence electrons. The average molecular weight is 509 g/mol. The fraction of sp³-hybridized carbons (Fsp3) is 0.885. The van der Waals surface area contributed by atoms with Gasteiger partial charge < -0.3 is 24.4 Å². The van der Waals surface area contributed by atoms with Crippen molar-refractivity contribution >= 4 is 17.8 Å². The van der Waals surface area contributed by atoms with Crippen molar-refractivity contribution in [3.05, 3.63) is 0 Å². The van der Waals surface area contributed by atoms with Gasteiger partial charge in [0.2, 0.25) is 23.9 Å². The van der Waals surface area contributed by atoms with Gasteiger partial charge in [-0.3, -0.25) is 14.4 Å². The molecular weight excluding hydrogens is 468 g/mol. The SMILES string of the molecule is C[C@@H]1CCC2[C@@H](C)[C@H](OC(=O)CCC(=O)NCCCN3CCCC3=O)O[C@@H]3O[C@]4(C)CCC1[C@@]23OO4. The largest absolute Gasteiger partial charge is 0.435 e. The first-order chi connectivity index (χ1) is 17.2. The molecule has 0 radical (unpaired) electrons. The van der Waals surface area contributed by atoms with E-state index in [1.165, 1.54) is 0 Å². The van der Waals surface area contributed by atoms with Gasteiger partial charge in [0.05, 0.1) is 6.42 Å². The van der Waals surface area contributed by atoms with Crippen LogP contribution >= 0.6 is 0 Å². The number of likely N-dealkylation sites (tertiary alicyclic amines) is 1. The van der Waals surface area contributed by atoms with Crippen LogP contribution in [0.25, 0.3) is 0 Å². The second kappa shape index (κ2) is 10.2. The number of hydrogen-bond donors (Lipinski definition) is 1. The van der Waals surface area contributed by atoms with Crippen LogP contribution in [0.15, 0.2) is 0 Å². The van der Waals surface area contributed by atoms with Crippen LogP contribution in [0.5, 0.6) is 0 Å². The summed E-state index contributed by atoms with van der Waals surface area (Å²) >= 11 is 0. The standard InChI is InChI=1S/C26H40N2O8/c1-16-7-8-19-17(2)23(33-24-26(19)18(16)11-12-25(3,34-24)35-36-26)32-22(31)10-9-20(29)27-13-5-15-28-14-4-6-21(28)30/h16-19,23-24H,4-15H2,1-3H3,(H,27,29)/t16-,17-,18?,19?,23-,24-,25+,26-/m1/s1. The maximum absolute atomic E-state index is 12.7. The number of hydrogen-bond acceptors (Lipinski definition) is 8. The fourth-order valence-corrected chi connectivity index (χ4v) is 6.94. The van der Waals surface area contributed by atoms with E-state index in [2.05, 4.69) is 12.2 Å². The van der Waals surface area contributed by atoms with Gasteiger partial charge in [0.1, 0.15) is 0 Å². The number of carbonyl (C=O) groups is 3. The lowest BCUT2D eigenvalue weighted by atomic mass is 9.58. The maximum atomic E-state index is 12.7. The van der Waals surface area contributed by atoms with Crippen molar-refractivity contribution in [2.75, 3.05) is 19.6 Å². The number of fused-ring (bicyclic) bond motifs is 2. The zero-order valence-corrected chi connectivity index (χ0v) is 21.7. The van der Waals surface area contributed by atoms with Crippen LogP contribution in [0, 0.1) is 23.7 Å². The molecule has 2 unspecified atom stereocenters. The third kappa shape index (κ3) is 4.77. The molecule has 10 nitrogen and oxygen atoms in total. The topological polar surface area (TPSA) is 113 Å². The first kappa shape index (κ1) is 25.9. The molecule has 10 heteroatoms. The fourth-order valence-electron chi connectivity index (χ4n) is 6.94. The van der Waals surface area contributed by atoms with Gasteiger partial charge in [-0.25, -0.2) is 9.78 Å². The molecule has 2 amide bonds. The Morgan fingerprint density at radius 2 is 1.97 bits per heavy atom. The number of carbonyl (C=O) groups excluding carboxylic acids is 3. The van der Waals surface area contributed by atoms with Crippen LogP contribution in [0.2, 0.25) is 0 Å². The van der Waals surface area contributed by atoms with Gasteiger partial charge in [-0.05, 0) is 50.9 Å². The Hall–Kier alpha value is -1.75. The van der Waals surface area contributed by atoms with Gasteiger partial charge >= 0.3 is 5.97 Å². The Kier molecular flexibility index (Phi) is 7.33. The Morgan fingerprint density at radius 1 is 1.14 bits per heavy atom. The number of ether oxygens (including phenoxy) is 3. The molecule has 0 aromatic heterocycles. The molecular formula is C26H40N2O8. The van der Waals surface area contributed by atoms with Crippen molar-refractivity contribution in [3.8, 4) is 0 Å². The molecule has 0 aromatic rings. The summed E-state index contributed by atoms with van der Waals surface area (Å²) in [7, 11) is 0. The number of rotatable bonds is 8. The van der Waals surface area contributed by atoms with Gasteiger partial charge in [-0.1, -0.05) is 13.8 Å². The molecule has 5 heterocycles. The van der Waals surface area contributed by atoms with Crippen molar-refractivity contribution in [3.63, 3.8) is 0 Å². The van der Waals surface area contributed by atoms with Crippen LogP contribution < -0.4 is 5.32 Å². The van der Waals surface area contributed by atoms with Crippen molar-refractivity contribution in [2.45, 2.75) is 103 Å². The molecule has 6 aliphatic rings. The average Bonchev–Trinajstić information content (AvgIpc) is 3.12. The molecule has 1 spiro atoms. The molecule has 1 N–H and O–H groups in total. The molecule has 0 aromatic carbocycles. The minimum absolute atomic E-state index is 0.0264. The van der Waals surface area contributed by atoms with Crippen LogP contribution in [0.3, 0.4) is 0 Å². The Balaban J connectivity index is 1.12. The molecule has 1 saturated carbocycles. The first-order valence-electron chi connectivity index (χ1n) is 13.7. The van der Waals surface area contributed by atoms with E-state index in [0.717, 1.165) is 38.6 Å². The van der Waals surface area contributed by atoms with E-state index in [9.17, 15) is 14.4 Å². The molecule has 6 fully saturated rings. The first-order valence-corrected chi connectivity index (χ1v) is 13.7. The predicted molar refractivity (Wildman–Crippen MR) is 126 cm³/mol. The predicted octanol–water partition coefficient (Wildman–Crippen LogP) is 2.65. The minimum Gasteiger partial charge on any atom is -0.435 e. The van der Waals surface area contributed by atoms with Gasteiger partial charge in [-0.15, -0.1) is 0 Å². The highest BCUT2D eigenvalue weighted by atomic mass is 17.3. The van der Waals surface area contributed by atoms with Crippen LogP contribution in [0.4, 0.5) is 0 Å². The zero-order valence-electron chi connectivity index (χ0n) is 21.7. The number of nitrogens with zero attached hydrogens (tertiary/aromatic N) is 1. The highest BCUT2D eigenvalue weighted by Gasteiger charge is 2.69.